The van der Waals surface area contributed by atoms with E-state index >= 15 is 0 Å². The van der Waals surface area contributed by atoms with Gasteiger partial charge in [0.1, 0.15) is 5.75 Å². The summed E-state index contributed by atoms with van der Waals surface area (Å²) >= 11 is 0. The van der Waals surface area contributed by atoms with Gasteiger partial charge in [0.2, 0.25) is 0 Å². The van der Waals surface area contributed by atoms with Crippen LogP contribution in [0.15, 0.2) is 47.4 Å². The molecule has 6 heteroatoms. The molecular formula is C25H32N2O3S. The molecule has 2 unspecified atom stereocenters. The summed E-state index contributed by atoms with van der Waals surface area (Å²) in [5.74, 6) is 2.93. The van der Waals surface area contributed by atoms with Gasteiger partial charge in [0, 0.05) is 12.6 Å². The Morgan fingerprint density at radius 1 is 1.10 bits per heavy atom. The third-order valence-corrected chi connectivity index (χ3v) is 9.15. The lowest BCUT2D eigenvalue weighted by molar-refractivity contribution is 0.340. The lowest BCUT2D eigenvalue weighted by Crippen LogP contribution is -2.29. The first-order valence-corrected chi connectivity index (χ1v) is 13.0. The number of benzene rings is 2. The van der Waals surface area contributed by atoms with Crippen molar-refractivity contribution in [3.05, 3.63) is 53.6 Å². The molecular weight excluding hydrogens is 408 g/mol. The molecule has 0 spiro atoms. The molecule has 3 aliphatic rings. The van der Waals surface area contributed by atoms with Crippen molar-refractivity contribution in [3.8, 4) is 5.75 Å². The fourth-order valence-corrected chi connectivity index (χ4v) is 6.89. The van der Waals surface area contributed by atoms with Crippen LogP contribution in [0.5, 0.6) is 5.75 Å². The Bertz CT molecular complexity index is 1050. The number of nitrogens with one attached hydrogen (secondary N) is 1. The zero-order valence-corrected chi connectivity index (χ0v) is 19.0. The molecule has 2 fully saturated rings. The van der Waals surface area contributed by atoms with Gasteiger partial charge in [0.15, 0.2) is 0 Å². The molecule has 2 aliphatic heterocycles. The van der Waals surface area contributed by atoms with E-state index in [1.54, 1.807) is 35.7 Å². The molecule has 2 heterocycles. The summed E-state index contributed by atoms with van der Waals surface area (Å²) in [4.78, 5) is 0.281. The van der Waals surface area contributed by atoms with Crippen molar-refractivity contribution in [2.45, 2.75) is 49.3 Å². The minimum Gasteiger partial charge on any atom is -0.497 e. The van der Waals surface area contributed by atoms with Crippen LogP contribution in [0.3, 0.4) is 0 Å². The summed E-state index contributed by atoms with van der Waals surface area (Å²) in [5, 5.41) is 3.45. The zero-order chi connectivity index (χ0) is 21.4. The van der Waals surface area contributed by atoms with Crippen molar-refractivity contribution in [2.24, 2.45) is 11.8 Å². The van der Waals surface area contributed by atoms with Gasteiger partial charge in [-0.3, -0.25) is 4.31 Å². The molecule has 1 N–H and O–H groups in total. The Hall–Kier alpha value is -2.05. The van der Waals surface area contributed by atoms with E-state index in [-0.39, 0.29) is 4.90 Å². The fourth-order valence-electron chi connectivity index (χ4n) is 5.36. The van der Waals surface area contributed by atoms with Crippen LogP contribution < -0.4 is 14.4 Å². The maximum atomic E-state index is 13.2. The van der Waals surface area contributed by atoms with E-state index in [2.05, 4.69) is 17.4 Å². The molecule has 0 aromatic heterocycles. The second kappa shape index (κ2) is 8.47. The van der Waals surface area contributed by atoms with Gasteiger partial charge >= 0.3 is 0 Å². The molecule has 1 saturated carbocycles. The lowest BCUT2D eigenvalue weighted by atomic mass is 9.91. The Morgan fingerprint density at radius 2 is 1.94 bits per heavy atom. The van der Waals surface area contributed by atoms with Crippen LogP contribution in [0.2, 0.25) is 0 Å². The number of hydrogen-bond acceptors (Lipinski definition) is 4. The number of sulfonamides is 1. The molecule has 5 rings (SSSR count). The quantitative estimate of drug-likeness (QED) is 0.696. The highest BCUT2D eigenvalue weighted by Crippen LogP contribution is 2.51. The molecule has 2 atom stereocenters. The van der Waals surface area contributed by atoms with Crippen LogP contribution in [-0.2, 0) is 16.4 Å². The van der Waals surface area contributed by atoms with Gasteiger partial charge in [0.25, 0.3) is 10.0 Å². The average Bonchev–Trinajstić information content (AvgIpc) is 3.46. The zero-order valence-electron chi connectivity index (χ0n) is 18.2. The number of ether oxygens (including phenoxy) is 1. The molecule has 5 nitrogen and oxygen atoms in total. The molecule has 1 saturated heterocycles. The minimum atomic E-state index is -3.59. The van der Waals surface area contributed by atoms with Gasteiger partial charge in [0.05, 0.1) is 17.7 Å². The van der Waals surface area contributed by atoms with Crippen LogP contribution in [0.1, 0.15) is 49.1 Å². The minimum absolute atomic E-state index is 0.281. The molecule has 2 aromatic rings. The van der Waals surface area contributed by atoms with Crippen molar-refractivity contribution in [2.75, 3.05) is 31.0 Å². The first kappa shape index (κ1) is 20.8. The van der Waals surface area contributed by atoms with Crippen molar-refractivity contribution in [3.63, 3.8) is 0 Å². The lowest BCUT2D eigenvalue weighted by Gasteiger charge is -2.22. The SMILES string of the molecule is COc1cccc(S(=O)(=O)N2CCc3cc(C4CC4CCC4CCNCC4)ccc32)c1. The standard InChI is InChI=1S/C25H32N2O3S/c1-30-22-3-2-4-23(17-22)31(28,29)27-14-11-21-15-19(7-8-25(21)27)24-16-20(24)6-5-18-9-12-26-13-10-18/h2-4,7-8,15,17-18,20,24,26H,5-6,9-14,16H2,1H3. The van der Waals surface area contributed by atoms with E-state index in [4.69, 9.17) is 4.74 Å². The summed E-state index contributed by atoms with van der Waals surface area (Å²) in [6.07, 6.45) is 7.42. The smallest absolute Gasteiger partial charge is 0.264 e. The monoisotopic (exact) mass is 440 g/mol. The number of fused-ring (bicyclic) bond motifs is 1. The molecule has 0 radical (unpaired) electrons. The molecule has 31 heavy (non-hydrogen) atoms. The van der Waals surface area contributed by atoms with Gasteiger partial charge in [-0.05, 0) is 92.3 Å². The van der Waals surface area contributed by atoms with Crippen LogP contribution in [0.4, 0.5) is 5.69 Å². The average molecular weight is 441 g/mol. The maximum Gasteiger partial charge on any atom is 0.264 e. The van der Waals surface area contributed by atoms with Crippen LogP contribution in [0, 0.1) is 11.8 Å². The van der Waals surface area contributed by atoms with Crippen molar-refractivity contribution >= 4 is 15.7 Å². The molecule has 2 aromatic carbocycles. The predicted octanol–water partition coefficient (Wildman–Crippen LogP) is 4.33. The van der Waals surface area contributed by atoms with Crippen molar-refractivity contribution < 1.29 is 13.2 Å². The second-order valence-electron chi connectivity index (χ2n) is 9.27. The normalized spacial score (nSPS) is 23.6. The number of piperidine rings is 1. The van der Waals surface area contributed by atoms with Crippen LogP contribution in [-0.4, -0.2) is 35.2 Å². The molecule has 1 aliphatic carbocycles. The van der Waals surface area contributed by atoms with Gasteiger partial charge < -0.3 is 10.1 Å². The second-order valence-corrected chi connectivity index (χ2v) is 11.1. The predicted molar refractivity (Wildman–Crippen MR) is 123 cm³/mol. The molecule has 166 valence electrons. The van der Waals surface area contributed by atoms with Crippen molar-refractivity contribution in [1.82, 2.24) is 5.32 Å². The van der Waals surface area contributed by atoms with E-state index in [9.17, 15) is 8.42 Å². The number of rotatable bonds is 7. The van der Waals surface area contributed by atoms with Crippen LogP contribution >= 0.6 is 0 Å². The Kier molecular flexibility index (Phi) is 5.69. The van der Waals surface area contributed by atoms with E-state index in [0.717, 1.165) is 29.5 Å². The summed E-state index contributed by atoms with van der Waals surface area (Å²) in [6, 6.07) is 13.2. The van der Waals surface area contributed by atoms with E-state index in [1.165, 1.54) is 50.8 Å². The number of anilines is 1. The third-order valence-electron chi connectivity index (χ3n) is 7.34. The fraction of sp³-hybridized carbons (Fsp3) is 0.520. The van der Waals surface area contributed by atoms with Crippen molar-refractivity contribution in [1.29, 1.82) is 0 Å². The van der Waals surface area contributed by atoms with E-state index in [1.807, 2.05) is 6.07 Å². The summed E-state index contributed by atoms with van der Waals surface area (Å²) in [7, 11) is -2.03. The highest BCUT2D eigenvalue weighted by atomic mass is 32.2. The Balaban J connectivity index is 1.27. The maximum absolute atomic E-state index is 13.2. The number of nitrogens with zero attached hydrogens (tertiary/aromatic N) is 1. The van der Waals surface area contributed by atoms with Gasteiger partial charge in [-0.2, -0.15) is 0 Å². The topological polar surface area (TPSA) is 58.6 Å². The summed E-state index contributed by atoms with van der Waals surface area (Å²) < 4.78 is 33.3. The first-order valence-electron chi connectivity index (χ1n) is 11.6. The van der Waals surface area contributed by atoms with Gasteiger partial charge in [-0.25, -0.2) is 8.42 Å². The molecule has 0 bridgehead atoms. The Labute approximate surface area is 185 Å². The summed E-state index contributed by atoms with van der Waals surface area (Å²) in [5.41, 5.74) is 3.39. The summed E-state index contributed by atoms with van der Waals surface area (Å²) in [6.45, 7) is 2.86. The van der Waals surface area contributed by atoms with E-state index in [0.29, 0.717) is 18.2 Å². The largest absolute Gasteiger partial charge is 0.497 e. The highest BCUT2D eigenvalue weighted by molar-refractivity contribution is 7.92. The highest BCUT2D eigenvalue weighted by Gasteiger charge is 2.39. The third kappa shape index (κ3) is 4.20. The number of hydrogen-bond donors (Lipinski definition) is 1. The number of methoxy groups -OCH3 is 1. The first-order chi connectivity index (χ1) is 15.1. The van der Waals surface area contributed by atoms with Gasteiger partial charge in [-0.15, -0.1) is 0 Å². The molecule has 0 amide bonds. The van der Waals surface area contributed by atoms with Crippen LogP contribution in [0.25, 0.3) is 0 Å². The Morgan fingerprint density at radius 3 is 2.74 bits per heavy atom. The van der Waals surface area contributed by atoms with E-state index < -0.39 is 10.0 Å². The van der Waals surface area contributed by atoms with Gasteiger partial charge in [-0.1, -0.05) is 24.6 Å².